The lowest BCUT2D eigenvalue weighted by Crippen LogP contribution is -2.27. The second-order valence-electron chi connectivity index (χ2n) is 6.19. The van der Waals surface area contributed by atoms with Crippen LogP contribution < -0.4 is 10.1 Å². The van der Waals surface area contributed by atoms with Crippen molar-refractivity contribution in [2.75, 3.05) is 12.3 Å². The molecule has 0 unspecified atom stereocenters. The molecule has 0 aliphatic heterocycles. The third-order valence-electron chi connectivity index (χ3n) is 4.10. The topological polar surface area (TPSA) is 69.0 Å². The fraction of sp³-hybridized carbons (Fsp3) is 0.250. The lowest BCUT2D eigenvalue weighted by Gasteiger charge is -2.08. The molecule has 9 heteroatoms. The molecule has 1 amide bonds. The summed E-state index contributed by atoms with van der Waals surface area (Å²) in [5, 5.41) is 12.2. The van der Waals surface area contributed by atoms with E-state index in [1.54, 1.807) is 28.8 Å². The monoisotopic (exact) mass is 434 g/mol. The minimum Gasteiger partial charge on any atom is -0.484 e. The van der Waals surface area contributed by atoms with E-state index < -0.39 is 0 Å². The van der Waals surface area contributed by atoms with Crippen LogP contribution in [0.3, 0.4) is 0 Å². The van der Waals surface area contributed by atoms with Crippen molar-refractivity contribution in [2.45, 2.75) is 18.2 Å². The number of nitrogens with one attached hydrogen (secondary N) is 1. The Morgan fingerprint density at radius 2 is 1.97 bits per heavy atom. The van der Waals surface area contributed by atoms with Gasteiger partial charge in [0, 0.05) is 13.6 Å². The van der Waals surface area contributed by atoms with Gasteiger partial charge in [0.1, 0.15) is 18.2 Å². The van der Waals surface area contributed by atoms with E-state index in [0.29, 0.717) is 34.7 Å². The Hall–Kier alpha value is -2.58. The molecule has 29 heavy (non-hydrogen) atoms. The second-order valence-corrected chi connectivity index (χ2v) is 7.54. The molecular weight excluding hydrogens is 415 g/mol. The SMILES string of the molecule is Cn1c(COc2ccccc2Cl)nnc1SCC(=O)NCCc1ccc(F)cc1. The molecule has 0 fully saturated rings. The van der Waals surface area contributed by atoms with Crippen LogP contribution >= 0.6 is 23.4 Å². The van der Waals surface area contributed by atoms with Crippen LogP contribution in [0.4, 0.5) is 4.39 Å². The smallest absolute Gasteiger partial charge is 0.230 e. The van der Waals surface area contributed by atoms with Gasteiger partial charge in [-0.25, -0.2) is 4.39 Å². The summed E-state index contributed by atoms with van der Waals surface area (Å²) in [6, 6.07) is 13.4. The first kappa shape index (κ1) is 21.1. The van der Waals surface area contributed by atoms with Crippen LogP contribution in [-0.2, 0) is 24.9 Å². The first-order valence-electron chi connectivity index (χ1n) is 8.92. The molecule has 0 saturated heterocycles. The number of rotatable bonds is 9. The van der Waals surface area contributed by atoms with Gasteiger partial charge in [0.2, 0.25) is 5.91 Å². The van der Waals surface area contributed by atoms with E-state index in [2.05, 4.69) is 15.5 Å². The Labute approximate surface area is 177 Å². The van der Waals surface area contributed by atoms with E-state index in [0.717, 1.165) is 5.56 Å². The highest BCUT2D eigenvalue weighted by molar-refractivity contribution is 7.99. The standard InChI is InChI=1S/C20H20ClFN4O2S/c1-26-18(12-28-17-5-3-2-4-16(17)21)24-25-20(26)29-13-19(27)23-11-10-14-6-8-15(22)9-7-14/h2-9H,10-13H2,1H3,(H,23,27). The highest BCUT2D eigenvalue weighted by atomic mass is 35.5. The number of thioether (sulfide) groups is 1. The van der Waals surface area contributed by atoms with Crippen molar-refractivity contribution in [2.24, 2.45) is 7.05 Å². The fourth-order valence-corrected chi connectivity index (χ4v) is 3.43. The van der Waals surface area contributed by atoms with Crippen molar-refractivity contribution in [1.82, 2.24) is 20.1 Å². The van der Waals surface area contributed by atoms with Gasteiger partial charge >= 0.3 is 0 Å². The summed E-state index contributed by atoms with van der Waals surface area (Å²) in [6.45, 7) is 0.707. The average Bonchev–Trinajstić information content (AvgIpc) is 3.07. The molecule has 3 rings (SSSR count). The van der Waals surface area contributed by atoms with Gasteiger partial charge < -0.3 is 14.6 Å². The zero-order valence-electron chi connectivity index (χ0n) is 15.8. The number of benzene rings is 2. The van der Waals surface area contributed by atoms with Crippen LogP contribution in [0.2, 0.25) is 5.02 Å². The molecular formula is C20H20ClFN4O2S. The summed E-state index contributed by atoms with van der Waals surface area (Å²) in [5.74, 6) is 1.06. The zero-order chi connectivity index (χ0) is 20.6. The van der Waals surface area contributed by atoms with Crippen molar-refractivity contribution in [1.29, 1.82) is 0 Å². The van der Waals surface area contributed by atoms with Crippen LogP contribution in [0.1, 0.15) is 11.4 Å². The number of amides is 1. The van der Waals surface area contributed by atoms with Gasteiger partial charge in [-0.15, -0.1) is 10.2 Å². The first-order valence-corrected chi connectivity index (χ1v) is 10.3. The average molecular weight is 435 g/mol. The third kappa shape index (κ3) is 6.20. The summed E-state index contributed by atoms with van der Waals surface area (Å²) >= 11 is 7.37. The first-order chi connectivity index (χ1) is 14.0. The molecule has 0 aliphatic rings. The maximum atomic E-state index is 12.9. The van der Waals surface area contributed by atoms with Gasteiger partial charge in [0.25, 0.3) is 0 Å². The van der Waals surface area contributed by atoms with Gasteiger partial charge in [-0.2, -0.15) is 0 Å². The molecule has 0 aliphatic carbocycles. The Morgan fingerprint density at radius 3 is 2.72 bits per heavy atom. The van der Waals surface area contributed by atoms with Gasteiger partial charge in [-0.1, -0.05) is 47.6 Å². The van der Waals surface area contributed by atoms with Crippen LogP contribution in [0.25, 0.3) is 0 Å². The van der Waals surface area contributed by atoms with Crippen molar-refractivity contribution in [3.63, 3.8) is 0 Å². The Morgan fingerprint density at radius 1 is 1.21 bits per heavy atom. The van der Waals surface area contributed by atoms with E-state index >= 15 is 0 Å². The molecule has 2 aromatic carbocycles. The number of halogens is 2. The molecule has 6 nitrogen and oxygen atoms in total. The number of carbonyl (C=O) groups is 1. The molecule has 0 atom stereocenters. The maximum Gasteiger partial charge on any atom is 0.230 e. The Balaban J connectivity index is 1.43. The van der Waals surface area contributed by atoms with Crippen LogP contribution in [-0.4, -0.2) is 33.0 Å². The van der Waals surface area contributed by atoms with Crippen molar-refractivity contribution >= 4 is 29.3 Å². The second kappa shape index (κ2) is 10.3. The van der Waals surface area contributed by atoms with Crippen molar-refractivity contribution < 1.29 is 13.9 Å². The molecule has 0 saturated carbocycles. The van der Waals surface area contributed by atoms with E-state index in [4.69, 9.17) is 16.3 Å². The third-order valence-corrected chi connectivity index (χ3v) is 5.43. The highest BCUT2D eigenvalue weighted by Gasteiger charge is 2.12. The van der Waals surface area contributed by atoms with Crippen molar-refractivity contribution in [3.05, 3.63) is 70.8 Å². The maximum absolute atomic E-state index is 12.9. The fourth-order valence-electron chi connectivity index (χ4n) is 2.48. The van der Waals surface area contributed by atoms with Gasteiger partial charge in [0.05, 0.1) is 10.8 Å². The highest BCUT2D eigenvalue weighted by Crippen LogP contribution is 2.24. The predicted octanol–water partition coefficient (Wildman–Crippen LogP) is 3.64. The molecule has 1 heterocycles. The minimum atomic E-state index is -0.269. The molecule has 0 bridgehead atoms. The molecule has 0 spiro atoms. The number of hydrogen-bond acceptors (Lipinski definition) is 5. The quantitative estimate of drug-likeness (QED) is 0.521. The summed E-state index contributed by atoms with van der Waals surface area (Å²) in [5.41, 5.74) is 0.968. The molecule has 1 N–H and O–H groups in total. The Bertz CT molecular complexity index is 965. The number of aromatic nitrogens is 3. The Kier molecular flexibility index (Phi) is 7.48. The number of para-hydroxylation sites is 1. The molecule has 0 radical (unpaired) electrons. The van der Waals surface area contributed by atoms with E-state index in [9.17, 15) is 9.18 Å². The van der Waals surface area contributed by atoms with Gasteiger partial charge in [-0.05, 0) is 36.2 Å². The summed E-state index contributed by atoms with van der Waals surface area (Å²) in [7, 11) is 1.82. The minimum absolute atomic E-state index is 0.103. The molecule has 152 valence electrons. The van der Waals surface area contributed by atoms with E-state index in [1.165, 1.54) is 23.9 Å². The summed E-state index contributed by atoms with van der Waals surface area (Å²) in [6.07, 6.45) is 0.643. The van der Waals surface area contributed by atoms with Gasteiger partial charge in [-0.3, -0.25) is 4.79 Å². The van der Waals surface area contributed by atoms with Crippen LogP contribution in [0, 0.1) is 5.82 Å². The number of hydrogen-bond donors (Lipinski definition) is 1. The molecule has 1 aromatic heterocycles. The van der Waals surface area contributed by atoms with Crippen molar-refractivity contribution in [3.8, 4) is 5.75 Å². The van der Waals surface area contributed by atoms with Crippen LogP contribution in [0.15, 0.2) is 53.7 Å². The molecule has 3 aromatic rings. The number of nitrogens with zero attached hydrogens (tertiary/aromatic N) is 3. The lowest BCUT2D eigenvalue weighted by molar-refractivity contribution is -0.118. The normalized spacial score (nSPS) is 10.7. The van der Waals surface area contributed by atoms with E-state index in [-0.39, 0.29) is 24.1 Å². The van der Waals surface area contributed by atoms with Gasteiger partial charge in [0.15, 0.2) is 11.0 Å². The zero-order valence-corrected chi connectivity index (χ0v) is 17.3. The number of carbonyl (C=O) groups excluding carboxylic acids is 1. The predicted molar refractivity (Wildman–Crippen MR) is 111 cm³/mol. The summed E-state index contributed by atoms with van der Waals surface area (Å²) < 4.78 is 20.3. The van der Waals surface area contributed by atoms with Crippen LogP contribution in [0.5, 0.6) is 5.75 Å². The largest absolute Gasteiger partial charge is 0.484 e. The number of ether oxygens (including phenoxy) is 1. The lowest BCUT2D eigenvalue weighted by atomic mass is 10.1. The van der Waals surface area contributed by atoms with E-state index in [1.807, 2.05) is 19.2 Å². The summed E-state index contributed by atoms with van der Waals surface area (Å²) in [4.78, 5) is 12.0.